The zero-order valence-electron chi connectivity index (χ0n) is 13.5. The number of aliphatic hydroxyl groups is 1. The lowest BCUT2D eigenvalue weighted by Gasteiger charge is -2.26. The number of hydrogen-bond donors (Lipinski definition) is 2. The van der Waals surface area contributed by atoms with Crippen LogP contribution < -0.4 is 5.69 Å². The van der Waals surface area contributed by atoms with Crippen molar-refractivity contribution >= 4 is 35.1 Å². The SMILES string of the molecule is Cn1c(=S)c2[nH]c(SCCN3CCOCC3)nc2n(CCO)c1=O. The third kappa shape index (κ3) is 3.57. The molecule has 10 heteroatoms. The Kier molecular flexibility index (Phi) is 5.72. The molecule has 2 aromatic rings. The van der Waals surface area contributed by atoms with Crippen LogP contribution in [0.3, 0.4) is 0 Å². The maximum Gasteiger partial charge on any atom is 0.330 e. The molecule has 0 bridgehead atoms. The molecule has 2 aromatic heterocycles. The van der Waals surface area contributed by atoms with E-state index >= 15 is 0 Å². The van der Waals surface area contributed by atoms with Gasteiger partial charge in [0, 0.05) is 32.4 Å². The summed E-state index contributed by atoms with van der Waals surface area (Å²) in [7, 11) is 1.63. The lowest BCUT2D eigenvalue weighted by Crippen LogP contribution is -2.37. The molecule has 1 saturated heterocycles. The number of ether oxygens (including phenoxy) is 1. The van der Waals surface area contributed by atoms with Gasteiger partial charge in [0.2, 0.25) is 0 Å². The number of rotatable bonds is 6. The minimum Gasteiger partial charge on any atom is -0.395 e. The molecule has 3 heterocycles. The van der Waals surface area contributed by atoms with Gasteiger partial charge < -0.3 is 14.8 Å². The molecule has 24 heavy (non-hydrogen) atoms. The summed E-state index contributed by atoms with van der Waals surface area (Å²) in [4.78, 5) is 22.4. The maximum absolute atomic E-state index is 12.3. The third-order valence-corrected chi connectivity index (χ3v) is 5.36. The largest absolute Gasteiger partial charge is 0.395 e. The zero-order valence-corrected chi connectivity index (χ0v) is 15.2. The average Bonchev–Trinajstić information content (AvgIpc) is 3.02. The lowest BCUT2D eigenvalue weighted by molar-refractivity contribution is 0.0410. The van der Waals surface area contributed by atoms with E-state index in [0.29, 0.717) is 15.8 Å². The molecule has 0 radical (unpaired) electrons. The highest BCUT2D eigenvalue weighted by Gasteiger charge is 2.14. The van der Waals surface area contributed by atoms with Crippen molar-refractivity contribution in [2.24, 2.45) is 7.05 Å². The predicted molar refractivity (Wildman–Crippen MR) is 95.2 cm³/mol. The van der Waals surface area contributed by atoms with Gasteiger partial charge in [-0.2, -0.15) is 0 Å². The molecule has 0 aliphatic carbocycles. The van der Waals surface area contributed by atoms with Crippen LogP contribution in [-0.2, 0) is 18.3 Å². The van der Waals surface area contributed by atoms with Crippen LogP contribution in [0.25, 0.3) is 11.2 Å². The van der Waals surface area contributed by atoms with Crippen molar-refractivity contribution in [1.29, 1.82) is 0 Å². The summed E-state index contributed by atoms with van der Waals surface area (Å²) in [5, 5.41) is 9.94. The minimum atomic E-state index is -0.266. The first kappa shape index (κ1) is 17.6. The van der Waals surface area contributed by atoms with Gasteiger partial charge in [-0.1, -0.05) is 24.0 Å². The second kappa shape index (κ2) is 7.79. The minimum absolute atomic E-state index is 0.127. The Balaban J connectivity index is 1.80. The summed E-state index contributed by atoms with van der Waals surface area (Å²) >= 11 is 6.94. The Hall–Kier alpha value is -1.20. The fourth-order valence-electron chi connectivity index (χ4n) is 2.68. The molecule has 0 aromatic carbocycles. The van der Waals surface area contributed by atoms with Crippen LogP contribution >= 0.6 is 24.0 Å². The van der Waals surface area contributed by atoms with Gasteiger partial charge in [0.15, 0.2) is 10.8 Å². The Morgan fingerprint density at radius 1 is 1.38 bits per heavy atom. The van der Waals surface area contributed by atoms with Crippen molar-refractivity contribution in [3.63, 3.8) is 0 Å². The summed E-state index contributed by atoms with van der Waals surface area (Å²) in [5.41, 5.74) is 0.901. The van der Waals surface area contributed by atoms with Crippen LogP contribution in [0.4, 0.5) is 0 Å². The van der Waals surface area contributed by atoms with E-state index in [1.54, 1.807) is 18.8 Å². The summed E-state index contributed by atoms with van der Waals surface area (Å²) < 4.78 is 8.62. The number of aromatic amines is 1. The zero-order chi connectivity index (χ0) is 17.1. The molecule has 0 unspecified atom stereocenters. The summed E-state index contributed by atoms with van der Waals surface area (Å²) in [6.45, 7) is 4.53. The number of morpholine rings is 1. The van der Waals surface area contributed by atoms with Crippen molar-refractivity contribution in [2.45, 2.75) is 11.7 Å². The molecule has 1 aliphatic rings. The highest BCUT2D eigenvalue weighted by Crippen LogP contribution is 2.19. The van der Waals surface area contributed by atoms with E-state index in [-0.39, 0.29) is 18.8 Å². The Bertz CT molecular complexity index is 822. The second-order valence-corrected chi connectivity index (χ2v) is 7.04. The van der Waals surface area contributed by atoms with Gasteiger partial charge in [-0.25, -0.2) is 9.78 Å². The average molecular weight is 371 g/mol. The Morgan fingerprint density at radius 2 is 2.12 bits per heavy atom. The number of fused-ring (bicyclic) bond motifs is 1. The van der Waals surface area contributed by atoms with Gasteiger partial charge in [-0.05, 0) is 0 Å². The van der Waals surface area contributed by atoms with Crippen LogP contribution in [0.5, 0.6) is 0 Å². The first-order valence-corrected chi connectivity index (χ1v) is 9.24. The molecule has 132 valence electrons. The fourth-order valence-corrected chi connectivity index (χ4v) is 3.77. The van der Waals surface area contributed by atoms with Crippen molar-refractivity contribution in [3.8, 4) is 0 Å². The topological polar surface area (TPSA) is 88.3 Å². The van der Waals surface area contributed by atoms with Crippen molar-refractivity contribution in [3.05, 3.63) is 15.1 Å². The molecular weight excluding hydrogens is 350 g/mol. The first-order valence-electron chi connectivity index (χ1n) is 7.85. The molecule has 1 fully saturated rings. The van der Waals surface area contributed by atoms with Crippen LogP contribution in [0.1, 0.15) is 0 Å². The number of imidazole rings is 1. The molecule has 2 N–H and O–H groups in total. The quantitative estimate of drug-likeness (QED) is 0.554. The number of aromatic nitrogens is 4. The van der Waals surface area contributed by atoms with Gasteiger partial charge in [0.25, 0.3) is 0 Å². The van der Waals surface area contributed by atoms with Crippen LogP contribution in [0, 0.1) is 4.64 Å². The molecule has 0 spiro atoms. The highest BCUT2D eigenvalue weighted by molar-refractivity contribution is 7.99. The predicted octanol–water partition coefficient (Wildman–Crippen LogP) is 0.209. The summed E-state index contributed by atoms with van der Waals surface area (Å²) in [6.07, 6.45) is 0. The molecule has 0 saturated carbocycles. The van der Waals surface area contributed by atoms with Crippen LogP contribution in [0.15, 0.2) is 9.95 Å². The normalized spacial score (nSPS) is 16.1. The highest BCUT2D eigenvalue weighted by atomic mass is 32.2. The van der Waals surface area contributed by atoms with Crippen molar-refractivity contribution in [1.82, 2.24) is 24.0 Å². The summed E-state index contributed by atoms with van der Waals surface area (Å²) in [5.74, 6) is 0.892. The number of H-pyrrole nitrogens is 1. The molecule has 0 atom stereocenters. The van der Waals surface area contributed by atoms with E-state index in [2.05, 4.69) is 14.9 Å². The molecular formula is C14H21N5O3S2. The number of hydrogen-bond acceptors (Lipinski definition) is 7. The van der Waals surface area contributed by atoms with E-state index in [0.717, 1.165) is 43.8 Å². The fraction of sp³-hybridized carbons (Fsp3) is 0.643. The van der Waals surface area contributed by atoms with Gasteiger partial charge in [-0.15, -0.1) is 0 Å². The molecule has 0 amide bonds. The number of aliphatic hydroxyl groups excluding tert-OH is 1. The molecule has 3 rings (SSSR count). The number of nitrogens with zero attached hydrogens (tertiary/aromatic N) is 4. The van der Waals surface area contributed by atoms with Gasteiger partial charge in [-0.3, -0.25) is 14.0 Å². The summed E-state index contributed by atoms with van der Waals surface area (Å²) in [6, 6.07) is 0. The Labute approximate surface area is 148 Å². The Morgan fingerprint density at radius 3 is 2.83 bits per heavy atom. The van der Waals surface area contributed by atoms with E-state index < -0.39 is 0 Å². The monoisotopic (exact) mass is 371 g/mol. The molecule has 1 aliphatic heterocycles. The third-order valence-electron chi connectivity index (χ3n) is 4.03. The van der Waals surface area contributed by atoms with E-state index in [4.69, 9.17) is 17.0 Å². The van der Waals surface area contributed by atoms with Gasteiger partial charge in [0.05, 0.1) is 26.4 Å². The smallest absolute Gasteiger partial charge is 0.330 e. The van der Waals surface area contributed by atoms with E-state index in [9.17, 15) is 9.90 Å². The first-order chi connectivity index (χ1) is 11.6. The van der Waals surface area contributed by atoms with E-state index in [1.165, 1.54) is 9.13 Å². The van der Waals surface area contributed by atoms with Crippen molar-refractivity contribution < 1.29 is 9.84 Å². The van der Waals surface area contributed by atoms with Crippen LogP contribution in [-0.4, -0.2) is 74.3 Å². The number of thioether (sulfide) groups is 1. The standard InChI is InChI=1S/C14H21N5O3S2/c1-17-12(23)10-11(19(2-6-20)14(17)21)16-13(15-10)24-9-5-18-3-7-22-8-4-18/h20H,2-9H2,1H3,(H,15,16). The maximum atomic E-state index is 12.3. The lowest BCUT2D eigenvalue weighted by atomic mass is 10.4. The van der Waals surface area contributed by atoms with Crippen LogP contribution in [0.2, 0.25) is 0 Å². The molecule has 8 nitrogen and oxygen atoms in total. The second-order valence-electron chi connectivity index (χ2n) is 5.57. The number of nitrogens with one attached hydrogen (secondary N) is 1. The van der Waals surface area contributed by atoms with Gasteiger partial charge >= 0.3 is 5.69 Å². The van der Waals surface area contributed by atoms with Crippen molar-refractivity contribution in [2.75, 3.05) is 45.2 Å². The van der Waals surface area contributed by atoms with Gasteiger partial charge in [0.1, 0.15) is 10.2 Å². The van der Waals surface area contributed by atoms with E-state index in [1.807, 2.05) is 0 Å².